The lowest BCUT2D eigenvalue weighted by molar-refractivity contribution is 0.0358. The van der Waals surface area contributed by atoms with Gasteiger partial charge in [0.1, 0.15) is 10.9 Å². The van der Waals surface area contributed by atoms with E-state index < -0.39 is 0 Å². The van der Waals surface area contributed by atoms with Crippen LogP contribution in [0.3, 0.4) is 0 Å². The highest BCUT2D eigenvalue weighted by molar-refractivity contribution is 6.30. The zero-order valence-electron chi connectivity index (χ0n) is 12.8. The van der Waals surface area contributed by atoms with E-state index in [0.717, 1.165) is 68.1 Å². The van der Waals surface area contributed by atoms with Gasteiger partial charge in [-0.2, -0.15) is 0 Å². The van der Waals surface area contributed by atoms with Gasteiger partial charge in [0, 0.05) is 25.0 Å². The second kappa shape index (κ2) is 7.27. The molecule has 5 heteroatoms. The number of hydrogen-bond donors (Lipinski definition) is 0. The molecule has 1 saturated heterocycles. The third-order valence-electron chi connectivity index (χ3n) is 3.91. The van der Waals surface area contributed by atoms with E-state index in [1.54, 1.807) is 0 Å². The fourth-order valence-corrected chi connectivity index (χ4v) is 2.78. The molecule has 1 aliphatic rings. The highest BCUT2D eigenvalue weighted by Gasteiger charge is 2.09. The molecule has 1 fully saturated rings. The fourth-order valence-electron chi connectivity index (χ4n) is 2.63. The van der Waals surface area contributed by atoms with Gasteiger partial charge in [0.15, 0.2) is 0 Å². The summed E-state index contributed by atoms with van der Waals surface area (Å²) in [5.74, 6) is 0.887. The number of halogens is 1. The highest BCUT2D eigenvalue weighted by atomic mass is 35.5. The van der Waals surface area contributed by atoms with Crippen LogP contribution in [-0.4, -0.2) is 49.3 Å². The molecule has 2 heterocycles. The van der Waals surface area contributed by atoms with E-state index >= 15 is 0 Å². The van der Waals surface area contributed by atoms with E-state index in [-0.39, 0.29) is 0 Å². The van der Waals surface area contributed by atoms with Gasteiger partial charge in [-0.05, 0) is 43.2 Å². The first-order chi connectivity index (χ1) is 10.7. The van der Waals surface area contributed by atoms with Crippen molar-refractivity contribution in [2.75, 3.05) is 39.5 Å². The van der Waals surface area contributed by atoms with E-state index in [1.807, 2.05) is 31.2 Å². The standard InChI is InChI=1S/C17H21ClN2O2/c1-13-11-14-12-15(3-4-16(14)19-17(13)18)22-8-2-5-20-6-9-21-10-7-20/h3-4,11-12H,2,5-10H2,1H3. The largest absolute Gasteiger partial charge is 0.494 e. The lowest BCUT2D eigenvalue weighted by Gasteiger charge is -2.26. The first-order valence-electron chi connectivity index (χ1n) is 7.72. The van der Waals surface area contributed by atoms with E-state index in [1.165, 1.54) is 0 Å². The average molecular weight is 321 g/mol. The van der Waals surface area contributed by atoms with Crippen LogP contribution < -0.4 is 4.74 Å². The molecule has 0 amide bonds. The van der Waals surface area contributed by atoms with Crippen molar-refractivity contribution >= 4 is 22.5 Å². The van der Waals surface area contributed by atoms with Crippen LogP contribution in [0.1, 0.15) is 12.0 Å². The average Bonchev–Trinajstić information content (AvgIpc) is 2.54. The maximum atomic E-state index is 6.05. The molecular weight excluding hydrogens is 300 g/mol. The molecular formula is C17H21ClN2O2. The van der Waals surface area contributed by atoms with Gasteiger partial charge in [-0.1, -0.05) is 11.6 Å². The van der Waals surface area contributed by atoms with Crippen LogP contribution in [0.5, 0.6) is 5.75 Å². The van der Waals surface area contributed by atoms with Gasteiger partial charge in [0.25, 0.3) is 0 Å². The zero-order chi connectivity index (χ0) is 15.4. The number of benzene rings is 1. The summed E-state index contributed by atoms with van der Waals surface area (Å²) in [4.78, 5) is 6.78. The number of pyridine rings is 1. The van der Waals surface area contributed by atoms with Crippen LogP contribution in [0.2, 0.25) is 5.15 Å². The zero-order valence-corrected chi connectivity index (χ0v) is 13.6. The molecule has 0 bridgehead atoms. The van der Waals surface area contributed by atoms with Crippen molar-refractivity contribution in [3.05, 3.63) is 35.0 Å². The molecule has 0 spiro atoms. The van der Waals surface area contributed by atoms with Crippen molar-refractivity contribution in [3.8, 4) is 5.75 Å². The first kappa shape index (κ1) is 15.5. The van der Waals surface area contributed by atoms with Crippen LogP contribution in [0, 0.1) is 6.92 Å². The predicted molar refractivity (Wildman–Crippen MR) is 88.9 cm³/mol. The number of ether oxygens (including phenoxy) is 2. The van der Waals surface area contributed by atoms with E-state index in [4.69, 9.17) is 21.1 Å². The van der Waals surface area contributed by atoms with Crippen molar-refractivity contribution in [1.29, 1.82) is 0 Å². The summed E-state index contributed by atoms with van der Waals surface area (Å²) in [6.07, 6.45) is 1.02. The van der Waals surface area contributed by atoms with Gasteiger partial charge in [-0.3, -0.25) is 4.90 Å². The lowest BCUT2D eigenvalue weighted by atomic mass is 10.1. The number of nitrogens with zero attached hydrogens (tertiary/aromatic N) is 2. The molecule has 0 unspecified atom stereocenters. The molecule has 1 aromatic heterocycles. The second-order valence-electron chi connectivity index (χ2n) is 5.61. The van der Waals surface area contributed by atoms with E-state index in [2.05, 4.69) is 9.88 Å². The Bertz CT molecular complexity index is 642. The Morgan fingerprint density at radius 1 is 1.27 bits per heavy atom. The van der Waals surface area contributed by atoms with Gasteiger partial charge in [-0.15, -0.1) is 0 Å². The van der Waals surface area contributed by atoms with Gasteiger partial charge in [0.2, 0.25) is 0 Å². The van der Waals surface area contributed by atoms with Gasteiger partial charge in [-0.25, -0.2) is 4.98 Å². The van der Waals surface area contributed by atoms with Crippen molar-refractivity contribution in [3.63, 3.8) is 0 Å². The summed E-state index contributed by atoms with van der Waals surface area (Å²) in [5, 5.41) is 1.62. The summed E-state index contributed by atoms with van der Waals surface area (Å²) in [5.41, 5.74) is 1.88. The quantitative estimate of drug-likeness (QED) is 0.625. The molecule has 0 aliphatic carbocycles. The van der Waals surface area contributed by atoms with Gasteiger partial charge < -0.3 is 9.47 Å². The number of fused-ring (bicyclic) bond motifs is 1. The van der Waals surface area contributed by atoms with Crippen molar-refractivity contribution in [2.24, 2.45) is 0 Å². The maximum Gasteiger partial charge on any atom is 0.132 e. The summed E-state index contributed by atoms with van der Waals surface area (Å²) >= 11 is 6.05. The Morgan fingerprint density at radius 2 is 2.09 bits per heavy atom. The summed E-state index contributed by atoms with van der Waals surface area (Å²) < 4.78 is 11.2. The molecule has 3 rings (SSSR count). The van der Waals surface area contributed by atoms with Crippen molar-refractivity contribution in [2.45, 2.75) is 13.3 Å². The van der Waals surface area contributed by atoms with Crippen LogP contribution >= 0.6 is 11.6 Å². The highest BCUT2D eigenvalue weighted by Crippen LogP contribution is 2.24. The van der Waals surface area contributed by atoms with E-state index in [0.29, 0.717) is 5.15 Å². The molecule has 1 aromatic carbocycles. The normalized spacial score (nSPS) is 16.1. The monoisotopic (exact) mass is 320 g/mol. The molecule has 0 N–H and O–H groups in total. The Balaban J connectivity index is 1.54. The van der Waals surface area contributed by atoms with E-state index in [9.17, 15) is 0 Å². The molecule has 0 saturated carbocycles. The van der Waals surface area contributed by atoms with Crippen molar-refractivity contribution < 1.29 is 9.47 Å². The SMILES string of the molecule is Cc1cc2cc(OCCCN3CCOCC3)ccc2nc1Cl. The van der Waals surface area contributed by atoms with Gasteiger partial charge in [0.05, 0.1) is 25.3 Å². The number of aryl methyl sites for hydroxylation is 1. The number of morpholine rings is 1. The molecule has 22 heavy (non-hydrogen) atoms. The molecule has 118 valence electrons. The minimum atomic E-state index is 0.562. The second-order valence-corrected chi connectivity index (χ2v) is 5.96. The number of aromatic nitrogens is 1. The molecule has 2 aromatic rings. The number of hydrogen-bond acceptors (Lipinski definition) is 4. The smallest absolute Gasteiger partial charge is 0.132 e. The lowest BCUT2D eigenvalue weighted by Crippen LogP contribution is -2.37. The fraction of sp³-hybridized carbons (Fsp3) is 0.471. The third-order valence-corrected chi connectivity index (χ3v) is 4.29. The Kier molecular flexibility index (Phi) is 5.13. The summed E-state index contributed by atoms with van der Waals surface area (Å²) in [6, 6.07) is 7.99. The predicted octanol–water partition coefficient (Wildman–Crippen LogP) is 3.30. The van der Waals surface area contributed by atoms with Crippen molar-refractivity contribution in [1.82, 2.24) is 9.88 Å². The van der Waals surface area contributed by atoms with Crippen LogP contribution in [0.15, 0.2) is 24.3 Å². The van der Waals surface area contributed by atoms with Crippen LogP contribution in [0.4, 0.5) is 0 Å². The van der Waals surface area contributed by atoms with Gasteiger partial charge >= 0.3 is 0 Å². The topological polar surface area (TPSA) is 34.6 Å². The summed E-state index contributed by atoms with van der Waals surface area (Å²) in [7, 11) is 0. The first-order valence-corrected chi connectivity index (χ1v) is 8.10. The maximum absolute atomic E-state index is 6.05. The Hall–Kier alpha value is -1.36. The summed E-state index contributed by atoms with van der Waals surface area (Å²) in [6.45, 7) is 7.50. The molecule has 0 radical (unpaired) electrons. The Morgan fingerprint density at radius 3 is 2.91 bits per heavy atom. The minimum absolute atomic E-state index is 0.562. The van der Waals surface area contributed by atoms with Crippen LogP contribution in [-0.2, 0) is 4.74 Å². The Labute approximate surface area is 136 Å². The molecule has 1 aliphatic heterocycles. The molecule has 0 atom stereocenters. The number of rotatable bonds is 5. The minimum Gasteiger partial charge on any atom is -0.494 e. The third kappa shape index (κ3) is 3.88. The molecule has 4 nitrogen and oxygen atoms in total. The van der Waals surface area contributed by atoms with Crippen LogP contribution in [0.25, 0.3) is 10.9 Å².